The SMILES string of the molecule is CC#CCC(N)c1ccc2ccccc2c1. The molecule has 0 aliphatic heterocycles. The van der Waals surface area contributed by atoms with Crippen molar-refractivity contribution in [1.82, 2.24) is 0 Å². The summed E-state index contributed by atoms with van der Waals surface area (Å²) in [5.41, 5.74) is 7.22. The van der Waals surface area contributed by atoms with Gasteiger partial charge in [-0.3, -0.25) is 0 Å². The monoisotopic (exact) mass is 209 g/mol. The molecule has 0 heterocycles. The van der Waals surface area contributed by atoms with E-state index in [0.29, 0.717) is 0 Å². The Morgan fingerprint density at radius 1 is 1.12 bits per heavy atom. The third kappa shape index (κ3) is 2.24. The average molecular weight is 209 g/mol. The first-order valence-electron chi connectivity index (χ1n) is 5.45. The lowest BCUT2D eigenvalue weighted by Crippen LogP contribution is -2.08. The van der Waals surface area contributed by atoms with Crippen LogP contribution in [0.3, 0.4) is 0 Å². The van der Waals surface area contributed by atoms with Gasteiger partial charge in [0, 0.05) is 12.5 Å². The second-order valence-electron chi connectivity index (χ2n) is 3.84. The van der Waals surface area contributed by atoms with Crippen LogP contribution in [0.5, 0.6) is 0 Å². The molecule has 80 valence electrons. The molecule has 1 heteroatoms. The van der Waals surface area contributed by atoms with Gasteiger partial charge in [-0.05, 0) is 29.3 Å². The summed E-state index contributed by atoms with van der Waals surface area (Å²) in [6.07, 6.45) is 0.717. The van der Waals surface area contributed by atoms with Crippen LogP contribution in [-0.4, -0.2) is 0 Å². The maximum atomic E-state index is 6.07. The minimum Gasteiger partial charge on any atom is -0.323 e. The number of benzene rings is 2. The van der Waals surface area contributed by atoms with Gasteiger partial charge in [-0.25, -0.2) is 0 Å². The van der Waals surface area contributed by atoms with Crippen molar-refractivity contribution in [3.8, 4) is 11.8 Å². The van der Waals surface area contributed by atoms with Crippen LogP contribution in [0, 0.1) is 11.8 Å². The lowest BCUT2D eigenvalue weighted by molar-refractivity contribution is 0.755. The number of nitrogens with two attached hydrogens (primary N) is 1. The van der Waals surface area contributed by atoms with E-state index >= 15 is 0 Å². The number of fused-ring (bicyclic) bond motifs is 1. The van der Waals surface area contributed by atoms with Crippen molar-refractivity contribution in [3.63, 3.8) is 0 Å². The van der Waals surface area contributed by atoms with Crippen LogP contribution in [0.1, 0.15) is 24.9 Å². The highest BCUT2D eigenvalue weighted by Crippen LogP contribution is 2.20. The molecule has 2 aromatic carbocycles. The first-order valence-corrected chi connectivity index (χ1v) is 5.45. The first-order chi connectivity index (χ1) is 7.81. The molecule has 1 nitrogen and oxygen atoms in total. The second kappa shape index (κ2) is 4.83. The summed E-state index contributed by atoms with van der Waals surface area (Å²) in [5, 5.41) is 2.49. The van der Waals surface area contributed by atoms with E-state index in [2.05, 4.69) is 42.2 Å². The molecule has 0 saturated heterocycles. The number of rotatable bonds is 2. The summed E-state index contributed by atoms with van der Waals surface area (Å²) in [4.78, 5) is 0. The van der Waals surface area contributed by atoms with Crippen molar-refractivity contribution in [2.24, 2.45) is 5.73 Å². The van der Waals surface area contributed by atoms with Crippen LogP contribution >= 0.6 is 0 Å². The maximum Gasteiger partial charge on any atom is 0.0406 e. The minimum atomic E-state index is 0.0112. The van der Waals surface area contributed by atoms with Gasteiger partial charge in [0.15, 0.2) is 0 Å². The van der Waals surface area contributed by atoms with Crippen molar-refractivity contribution in [2.75, 3.05) is 0 Å². The predicted octanol–water partition coefficient (Wildman–Crippen LogP) is 3.25. The summed E-state index contributed by atoms with van der Waals surface area (Å²) >= 11 is 0. The molecule has 0 aliphatic carbocycles. The van der Waals surface area contributed by atoms with Crippen LogP contribution in [-0.2, 0) is 0 Å². The van der Waals surface area contributed by atoms with E-state index in [1.54, 1.807) is 0 Å². The van der Waals surface area contributed by atoms with Gasteiger partial charge in [0.05, 0.1) is 0 Å². The number of hydrogen-bond acceptors (Lipinski definition) is 1. The molecule has 1 atom stereocenters. The van der Waals surface area contributed by atoms with E-state index < -0.39 is 0 Å². The van der Waals surface area contributed by atoms with Crippen molar-refractivity contribution in [1.29, 1.82) is 0 Å². The molecular weight excluding hydrogens is 194 g/mol. The van der Waals surface area contributed by atoms with Crippen LogP contribution in [0.25, 0.3) is 10.8 Å². The van der Waals surface area contributed by atoms with Gasteiger partial charge in [-0.1, -0.05) is 36.4 Å². The highest BCUT2D eigenvalue weighted by molar-refractivity contribution is 5.83. The van der Waals surface area contributed by atoms with E-state index in [4.69, 9.17) is 5.73 Å². The Kier molecular flexibility index (Phi) is 3.24. The smallest absolute Gasteiger partial charge is 0.0406 e. The second-order valence-corrected chi connectivity index (χ2v) is 3.84. The van der Waals surface area contributed by atoms with Crippen LogP contribution in [0.2, 0.25) is 0 Å². The quantitative estimate of drug-likeness (QED) is 0.755. The Bertz CT molecular complexity index is 546. The van der Waals surface area contributed by atoms with E-state index in [1.807, 2.05) is 19.1 Å². The van der Waals surface area contributed by atoms with Crippen molar-refractivity contribution < 1.29 is 0 Å². The Morgan fingerprint density at radius 3 is 2.62 bits per heavy atom. The lowest BCUT2D eigenvalue weighted by atomic mass is 10.0. The van der Waals surface area contributed by atoms with Crippen LogP contribution in [0.15, 0.2) is 42.5 Å². The van der Waals surface area contributed by atoms with Crippen molar-refractivity contribution in [3.05, 3.63) is 48.0 Å². The molecule has 2 aromatic rings. The molecular formula is C15H15N. The van der Waals surface area contributed by atoms with Gasteiger partial charge in [0.25, 0.3) is 0 Å². The van der Waals surface area contributed by atoms with Crippen LogP contribution in [0.4, 0.5) is 0 Å². The molecule has 2 rings (SSSR count). The van der Waals surface area contributed by atoms with Gasteiger partial charge in [0.2, 0.25) is 0 Å². The maximum absolute atomic E-state index is 6.07. The summed E-state index contributed by atoms with van der Waals surface area (Å²) in [5.74, 6) is 5.90. The number of hydrogen-bond donors (Lipinski definition) is 1. The fourth-order valence-electron chi connectivity index (χ4n) is 1.77. The van der Waals surface area contributed by atoms with Crippen LogP contribution < -0.4 is 5.73 Å². The third-order valence-electron chi connectivity index (χ3n) is 2.70. The Hall–Kier alpha value is -1.78. The fraction of sp³-hybridized carbons (Fsp3) is 0.200. The molecule has 0 fully saturated rings. The van der Waals surface area contributed by atoms with Gasteiger partial charge in [0.1, 0.15) is 0 Å². The molecule has 0 radical (unpaired) electrons. The minimum absolute atomic E-state index is 0.0112. The topological polar surface area (TPSA) is 26.0 Å². The summed E-state index contributed by atoms with van der Waals surface area (Å²) in [6, 6.07) is 14.7. The predicted molar refractivity (Wildman–Crippen MR) is 68.9 cm³/mol. The standard InChI is InChI=1S/C15H15N/c1-2-3-8-15(16)14-10-9-12-6-4-5-7-13(12)11-14/h4-7,9-11,15H,8,16H2,1H3. The third-order valence-corrected chi connectivity index (χ3v) is 2.70. The molecule has 0 saturated carbocycles. The van der Waals surface area contributed by atoms with Gasteiger partial charge < -0.3 is 5.73 Å². The molecule has 0 bridgehead atoms. The van der Waals surface area contributed by atoms with E-state index in [-0.39, 0.29) is 6.04 Å². The Labute approximate surface area is 96.3 Å². The lowest BCUT2D eigenvalue weighted by Gasteiger charge is -2.09. The van der Waals surface area contributed by atoms with Gasteiger partial charge >= 0.3 is 0 Å². The largest absolute Gasteiger partial charge is 0.323 e. The Balaban J connectivity index is 2.34. The van der Waals surface area contributed by atoms with E-state index in [0.717, 1.165) is 12.0 Å². The fourth-order valence-corrected chi connectivity index (χ4v) is 1.77. The van der Waals surface area contributed by atoms with E-state index in [1.165, 1.54) is 10.8 Å². The molecule has 16 heavy (non-hydrogen) atoms. The zero-order chi connectivity index (χ0) is 11.4. The first kappa shape index (κ1) is 10.7. The highest BCUT2D eigenvalue weighted by atomic mass is 14.6. The molecule has 0 aliphatic rings. The molecule has 0 spiro atoms. The molecule has 1 unspecified atom stereocenters. The van der Waals surface area contributed by atoms with E-state index in [9.17, 15) is 0 Å². The Morgan fingerprint density at radius 2 is 1.88 bits per heavy atom. The van der Waals surface area contributed by atoms with Gasteiger partial charge in [-0.15, -0.1) is 11.8 Å². The molecule has 0 amide bonds. The summed E-state index contributed by atoms with van der Waals surface area (Å²) in [7, 11) is 0. The zero-order valence-corrected chi connectivity index (χ0v) is 9.40. The van der Waals surface area contributed by atoms with Crippen molar-refractivity contribution in [2.45, 2.75) is 19.4 Å². The van der Waals surface area contributed by atoms with Crippen molar-refractivity contribution >= 4 is 10.8 Å². The average Bonchev–Trinajstić information content (AvgIpc) is 2.35. The normalized spacial score (nSPS) is 11.9. The van der Waals surface area contributed by atoms with Gasteiger partial charge in [-0.2, -0.15) is 0 Å². The highest BCUT2D eigenvalue weighted by Gasteiger charge is 2.04. The summed E-state index contributed by atoms with van der Waals surface area (Å²) in [6.45, 7) is 1.84. The summed E-state index contributed by atoms with van der Waals surface area (Å²) < 4.78 is 0. The molecule has 0 aromatic heterocycles. The molecule has 2 N–H and O–H groups in total. The zero-order valence-electron chi connectivity index (χ0n) is 9.40.